The molecule has 1 aromatic rings. The summed E-state index contributed by atoms with van der Waals surface area (Å²) in [6, 6.07) is 4.78. The Bertz CT molecular complexity index is 538. The Morgan fingerprint density at radius 1 is 1.44 bits per heavy atom. The van der Waals surface area contributed by atoms with Crippen LogP contribution in [0.5, 0.6) is 5.75 Å². The number of aryl methyl sites for hydroxylation is 1. The van der Waals surface area contributed by atoms with Crippen molar-refractivity contribution in [3.63, 3.8) is 0 Å². The lowest BCUT2D eigenvalue weighted by Crippen LogP contribution is -2.29. The summed E-state index contributed by atoms with van der Waals surface area (Å²) in [7, 11) is -2.53. The Morgan fingerprint density at radius 2 is 2.11 bits per heavy atom. The van der Waals surface area contributed by atoms with E-state index in [1.165, 1.54) is 13.2 Å². The van der Waals surface area contributed by atoms with E-state index in [4.69, 9.17) is 9.84 Å². The van der Waals surface area contributed by atoms with Gasteiger partial charge >= 0.3 is 5.97 Å². The fourth-order valence-electron chi connectivity index (χ4n) is 1.39. The molecule has 0 saturated carbocycles. The second-order valence-electron chi connectivity index (χ2n) is 3.56. The second kappa shape index (κ2) is 5.83. The van der Waals surface area contributed by atoms with E-state index in [0.717, 1.165) is 5.56 Å². The number of ether oxygens (including phenoxy) is 1. The van der Waals surface area contributed by atoms with Gasteiger partial charge in [-0.3, -0.25) is 4.79 Å². The molecule has 0 aromatic heterocycles. The van der Waals surface area contributed by atoms with Crippen LogP contribution in [0, 0.1) is 0 Å². The lowest BCUT2D eigenvalue weighted by Gasteiger charge is -2.11. The van der Waals surface area contributed by atoms with Gasteiger partial charge < -0.3 is 9.84 Å². The molecule has 0 aliphatic rings. The number of hydrogen-bond acceptors (Lipinski definition) is 4. The third-order valence-corrected chi connectivity index (χ3v) is 3.76. The molecule has 0 heterocycles. The van der Waals surface area contributed by atoms with Crippen molar-refractivity contribution in [2.45, 2.75) is 18.2 Å². The Hall–Kier alpha value is -1.60. The van der Waals surface area contributed by atoms with Crippen LogP contribution in [0.2, 0.25) is 0 Å². The molecule has 18 heavy (non-hydrogen) atoms. The first-order valence-corrected chi connectivity index (χ1v) is 6.77. The largest absolute Gasteiger partial charge is 0.495 e. The van der Waals surface area contributed by atoms with Crippen molar-refractivity contribution in [1.29, 1.82) is 0 Å². The molecule has 7 heteroatoms. The zero-order valence-electron chi connectivity index (χ0n) is 10.1. The molecule has 100 valence electrons. The maximum Gasteiger partial charge on any atom is 0.318 e. The van der Waals surface area contributed by atoms with E-state index in [9.17, 15) is 13.2 Å². The maximum atomic E-state index is 11.9. The van der Waals surface area contributed by atoms with Gasteiger partial charge in [-0.05, 0) is 24.1 Å². The molecule has 0 bridgehead atoms. The first kappa shape index (κ1) is 14.5. The quantitative estimate of drug-likeness (QED) is 0.792. The number of carbonyl (C=O) groups is 1. The molecule has 2 N–H and O–H groups in total. The molecule has 0 radical (unpaired) electrons. The zero-order valence-corrected chi connectivity index (χ0v) is 11.0. The third kappa shape index (κ3) is 3.44. The topological polar surface area (TPSA) is 92.7 Å². The Balaban J connectivity index is 3.16. The van der Waals surface area contributed by atoms with Crippen LogP contribution in [0.4, 0.5) is 0 Å². The molecule has 0 spiro atoms. The molecule has 0 atom stereocenters. The van der Waals surface area contributed by atoms with Gasteiger partial charge in [-0.1, -0.05) is 13.0 Å². The van der Waals surface area contributed by atoms with Crippen molar-refractivity contribution in [2.75, 3.05) is 13.7 Å². The minimum absolute atomic E-state index is 0.0504. The van der Waals surface area contributed by atoms with Gasteiger partial charge in [0.05, 0.1) is 7.11 Å². The summed E-state index contributed by atoms with van der Waals surface area (Å²) < 4.78 is 30.8. The number of nitrogens with one attached hydrogen (secondary N) is 1. The van der Waals surface area contributed by atoms with Crippen molar-refractivity contribution in [2.24, 2.45) is 0 Å². The normalized spacial score (nSPS) is 11.2. The molecule has 0 saturated heterocycles. The summed E-state index contributed by atoms with van der Waals surface area (Å²) in [4.78, 5) is 10.3. The van der Waals surface area contributed by atoms with Gasteiger partial charge in [0, 0.05) is 0 Å². The summed E-state index contributed by atoms with van der Waals surface area (Å²) in [5, 5.41) is 8.49. The van der Waals surface area contributed by atoms with Crippen LogP contribution >= 0.6 is 0 Å². The van der Waals surface area contributed by atoms with Crippen LogP contribution in [0.15, 0.2) is 23.1 Å². The van der Waals surface area contributed by atoms with E-state index in [-0.39, 0.29) is 10.6 Å². The molecule has 6 nitrogen and oxygen atoms in total. The van der Waals surface area contributed by atoms with Gasteiger partial charge in [-0.15, -0.1) is 0 Å². The van der Waals surface area contributed by atoms with Crippen LogP contribution in [-0.2, 0) is 21.2 Å². The van der Waals surface area contributed by atoms with Crippen LogP contribution in [0.1, 0.15) is 12.5 Å². The summed E-state index contributed by atoms with van der Waals surface area (Å²) in [5.74, 6) is -1.06. The van der Waals surface area contributed by atoms with E-state index >= 15 is 0 Å². The van der Waals surface area contributed by atoms with Crippen LogP contribution in [0.3, 0.4) is 0 Å². The standard InChI is InChI=1S/C11H15NO5S/c1-3-8-4-5-9(17-2)10(6-8)18(15,16)12-7-11(13)14/h4-6,12H,3,7H2,1-2H3,(H,13,14). The van der Waals surface area contributed by atoms with Gasteiger partial charge in [-0.2, -0.15) is 4.72 Å². The summed E-state index contributed by atoms with van der Waals surface area (Å²) in [5.41, 5.74) is 0.825. The lowest BCUT2D eigenvalue weighted by molar-refractivity contribution is -0.135. The van der Waals surface area contributed by atoms with Crippen molar-refractivity contribution in [3.8, 4) is 5.75 Å². The molecule has 0 fully saturated rings. The SMILES string of the molecule is CCc1ccc(OC)c(S(=O)(=O)NCC(=O)O)c1. The highest BCUT2D eigenvalue weighted by atomic mass is 32.2. The average molecular weight is 273 g/mol. The van der Waals surface area contributed by atoms with Crippen molar-refractivity contribution in [3.05, 3.63) is 23.8 Å². The molecular weight excluding hydrogens is 258 g/mol. The molecule has 0 aliphatic heterocycles. The summed E-state index contributed by atoms with van der Waals surface area (Å²) in [6.07, 6.45) is 0.672. The highest BCUT2D eigenvalue weighted by molar-refractivity contribution is 7.89. The van der Waals surface area contributed by atoms with Crippen LogP contribution in [-0.4, -0.2) is 33.1 Å². The monoisotopic (exact) mass is 273 g/mol. The van der Waals surface area contributed by atoms with Gasteiger partial charge in [0.1, 0.15) is 17.2 Å². The third-order valence-electron chi connectivity index (χ3n) is 2.34. The number of aliphatic carboxylic acids is 1. The van der Waals surface area contributed by atoms with Gasteiger partial charge in [-0.25, -0.2) is 8.42 Å². The van der Waals surface area contributed by atoms with Crippen molar-refractivity contribution in [1.82, 2.24) is 4.72 Å². The van der Waals surface area contributed by atoms with Gasteiger partial charge in [0.15, 0.2) is 0 Å². The average Bonchev–Trinajstić information content (AvgIpc) is 2.35. The number of sulfonamides is 1. The van der Waals surface area contributed by atoms with E-state index < -0.39 is 22.5 Å². The van der Waals surface area contributed by atoms with E-state index in [1.54, 1.807) is 12.1 Å². The van der Waals surface area contributed by atoms with E-state index in [1.807, 2.05) is 11.6 Å². The summed E-state index contributed by atoms with van der Waals surface area (Å²) >= 11 is 0. The predicted molar refractivity (Wildman–Crippen MR) is 65.2 cm³/mol. The van der Waals surface area contributed by atoms with E-state index in [0.29, 0.717) is 6.42 Å². The van der Waals surface area contributed by atoms with Gasteiger partial charge in [0.25, 0.3) is 0 Å². The fourth-order valence-corrected chi connectivity index (χ4v) is 2.58. The zero-order chi connectivity index (χ0) is 13.8. The molecule has 1 rings (SSSR count). The lowest BCUT2D eigenvalue weighted by atomic mass is 10.2. The molecular formula is C11H15NO5S. The first-order chi connectivity index (χ1) is 8.40. The first-order valence-electron chi connectivity index (χ1n) is 5.29. The van der Waals surface area contributed by atoms with Crippen molar-refractivity contribution >= 4 is 16.0 Å². The highest BCUT2D eigenvalue weighted by Crippen LogP contribution is 2.24. The number of methoxy groups -OCH3 is 1. The maximum absolute atomic E-state index is 11.9. The molecule has 1 aromatic carbocycles. The second-order valence-corrected chi connectivity index (χ2v) is 5.29. The summed E-state index contributed by atoms with van der Waals surface area (Å²) in [6.45, 7) is 1.23. The highest BCUT2D eigenvalue weighted by Gasteiger charge is 2.20. The number of benzene rings is 1. The Morgan fingerprint density at radius 3 is 2.61 bits per heavy atom. The number of carboxylic acids is 1. The molecule has 0 amide bonds. The van der Waals surface area contributed by atoms with Gasteiger partial charge in [0.2, 0.25) is 10.0 Å². The Labute approximate surface area is 106 Å². The molecule has 0 unspecified atom stereocenters. The fraction of sp³-hybridized carbons (Fsp3) is 0.364. The van der Waals surface area contributed by atoms with Crippen molar-refractivity contribution < 1.29 is 23.1 Å². The number of carboxylic acid groups (broad SMARTS) is 1. The smallest absolute Gasteiger partial charge is 0.318 e. The number of hydrogen-bond donors (Lipinski definition) is 2. The van der Waals surface area contributed by atoms with Crippen LogP contribution < -0.4 is 9.46 Å². The minimum atomic E-state index is -3.89. The Kier molecular flexibility index (Phi) is 4.69. The predicted octanol–water partition coefficient (Wildman–Crippen LogP) is 0.620. The number of rotatable bonds is 6. The molecule has 0 aliphatic carbocycles. The minimum Gasteiger partial charge on any atom is -0.495 e. The van der Waals surface area contributed by atoms with E-state index in [2.05, 4.69) is 0 Å². The van der Waals surface area contributed by atoms with Crippen LogP contribution in [0.25, 0.3) is 0 Å².